The molecule has 0 aromatic heterocycles. The van der Waals surface area contributed by atoms with Crippen LogP contribution in [0.5, 0.6) is 0 Å². The third kappa shape index (κ3) is 1.64. The third-order valence-electron chi connectivity index (χ3n) is 3.57. The van der Waals surface area contributed by atoms with Crippen LogP contribution in [0.4, 0.5) is 0 Å². The van der Waals surface area contributed by atoms with E-state index in [0.29, 0.717) is 5.41 Å². The second kappa shape index (κ2) is 3.59. The molecule has 1 nitrogen and oxygen atoms in total. The van der Waals surface area contributed by atoms with Crippen molar-refractivity contribution >= 4 is 11.8 Å². The SMILES string of the molecule is NCCC1(C2CC2)CCSCC1. The molecule has 0 spiro atoms. The van der Waals surface area contributed by atoms with Gasteiger partial charge >= 0.3 is 0 Å². The molecular formula is C10H19NS. The molecule has 12 heavy (non-hydrogen) atoms. The summed E-state index contributed by atoms with van der Waals surface area (Å²) < 4.78 is 0. The minimum absolute atomic E-state index is 0.694. The molecule has 0 aromatic carbocycles. The summed E-state index contributed by atoms with van der Waals surface area (Å²) in [6, 6.07) is 0. The maximum absolute atomic E-state index is 5.70. The molecular weight excluding hydrogens is 166 g/mol. The van der Waals surface area contributed by atoms with Gasteiger partial charge in [-0.25, -0.2) is 0 Å². The summed E-state index contributed by atoms with van der Waals surface area (Å²) in [5.74, 6) is 3.83. The summed E-state index contributed by atoms with van der Waals surface area (Å²) in [7, 11) is 0. The van der Waals surface area contributed by atoms with Crippen LogP contribution in [0.2, 0.25) is 0 Å². The summed E-state index contributed by atoms with van der Waals surface area (Å²) in [6.07, 6.45) is 7.16. The molecule has 1 saturated carbocycles. The molecule has 70 valence electrons. The Balaban J connectivity index is 1.98. The molecule has 0 aromatic rings. The van der Waals surface area contributed by atoms with Gasteiger partial charge in [-0.1, -0.05) is 0 Å². The van der Waals surface area contributed by atoms with Crippen molar-refractivity contribution in [2.45, 2.75) is 32.1 Å². The second-order valence-electron chi connectivity index (χ2n) is 4.29. The number of rotatable bonds is 3. The van der Waals surface area contributed by atoms with Crippen LogP contribution in [-0.2, 0) is 0 Å². The fourth-order valence-electron chi connectivity index (χ4n) is 2.62. The highest BCUT2D eigenvalue weighted by molar-refractivity contribution is 7.99. The summed E-state index contributed by atoms with van der Waals surface area (Å²) in [6.45, 7) is 0.904. The van der Waals surface area contributed by atoms with E-state index in [1.165, 1.54) is 43.6 Å². The van der Waals surface area contributed by atoms with Crippen LogP contribution in [0.25, 0.3) is 0 Å². The van der Waals surface area contributed by atoms with Gasteiger partial charge in [-0.15, -0.1) is 0 Å². The maximum atomic E-state index is 5.70. The summed E-state index contributed by atoms with van der Waals surface area (Å²) in [5, 5.41) is 0. The van der Waals surface area contributed by atoms with Gasteiger partial charge in [-0.05, 0) is 61.5 Å². The minimum Gasteiger partial charge on any atom is -0.330 e. The Morgan fingerprint density at radius 2 is 1.92 bits per heavy atom. The van der Waals surface area contributed by atoms with E-state index in [1.807, 2.05) is 0 Å². The monoisotopic (exact) mass is 185 g/mol. The van der Waals surface area contributed by atoms with E-state index in [4.69, 9.17) is 5.73 Å². The quantitative estimate of drug-likeness (QED) is 0.730. The van der Waals surface area contributed by atoms with E-state index >= 15 is 0 Å². The Bertz CT molecular complexity index is 142. The fraction of sp³-hybridized carbons (Fsp3) is 1.00. The lowest BCUT2D eigenvalue weighted by Gasteiger charge is -2.37. The van der Waals surface area contributed by atoms with Gasteiger partial charge in [0.1, 0.15) is 0 Å². The van der Waals surface area contributed by atoms with E-state index in [0.717, 1.165) is 12.5 Å². The van der Waals surface area contributed by atoms with Gasteiger partial charge in [0.25, 0.3) is 0 Å². The smallest absolute Gasteiger partial charge is 0.00621 e. The third-order valence-corrected chi connectivity index (χ3v) is 4.56. The molecule has 2 N–H and O–H groups in total. The van der Waals surface area contributed by atoms with Crippen molar-refractivity contribution in [1.82, 2.24) is 0 Å². The number of hydrogen-bond acceptors (Lipinski definition) is 2. The molecule has 1 aliphatic carbocycles. The van der Waals surface area contributed by atoms with Gasteiger partial charge in [0.2, 0.25) is 0 Å². The highest BCUT2D eigenvalue weighted by atomic mass is 32.2. The van der Waals surface area contributed by atoms with Gasteiger partial charge in [-0.2, -0.15) is 11.8 Å². The maximum Gasteiger partial charge on any atom is -0.00621 e. The topological polar surface area (TPSA) is 26.0 Å². The molecule has 0 radical (unpaired) electrons. The van der Waals surface area contributed by atoms with E-state index in [2.05, 4.69) is 11.8 Å². The minimum atomic E-state index is 0.694. The van der Waals surface area contributed by atoms with Crippen molar-refractivity contribution in [3.05, 3.63) is 0 Å². The van der Waals surface area contributed by atoms with Gasteiger partial charge in [0.15, 0.2) is 0 Å². The Kier molecular flexibility index (Phi) is 2.66. The molecule has 0 atom stereocenters. The van der Waals surface area contributed by atoms with Gasteiger partial charge in [0.05, 0.1) is 0 Å². The molecule has 0 amide bonds. The van der Waals surface area contributed by atoms with Crippen molar-refractivity contribution in [1.29, 1.82) is 0 Å². The summed E-state index contributed by atoms with van der Waals surface area (Å²) in [5.41, 5.74) is 6.40. The van der Waals surface area contributed by atoms with E-state index in [-0.39, 0.29) is 0 Å². The molecule has 1 saturated heterocycles. The molecule has 2 heteroatoms. The Labute approximate surface area is 79.5 Å². The lowest BCUT2D eigenvalue weighted by Crippen LogP contribution is -2.31. The first kappa shape index (κ1) is 8.89. The summed E-state index contributed by atoms with van der Waals surface area (Å²) >= 11 is 2.13. The van der Waals surface area contributed by atoms with Gasteiger partial charge in [0, 0.05) is 0 Å². The van der Waals surface area contributed by atoms with Crippen LogP contribution in [0.3, 0.4) is 0 Å². The highest BCUT2D eigenvalue weighted by Gasteiger charge is 2.44. The molecule has 2 rings (SSSR count). The molecule has 2 aliphatic rings. The molecule has 1 aliphatic heterocycles. The van der Waals surface area contributed by atoms with Crippen molar-refractivity contribution in [2.24, 2.45) is 17.1 Å². The zero-order valence-electron chi connectivity index (χ0n) is 7.72. The average molecular weight is 185 g/mol. The first-order valence-electron chi connectivity index (χ1n) is 5.15. The number of thioether (sulfide) groups is 1. The Morgan fingerprint density at radius 3 is 2.42 bits per heavy atom. The van der Waals surface area contributed by atoms with Crippen LogP contribution >= 0.6 is 11.8 Å². The predicted molar refractivity (Wildman–Crippen MR) is 55.4 cm³/mol. The van der Waals surface area contributed by atoms with E-state index in [9.17, 15) is 0 Å². The van der Waals surface area contributed by atoms with Crippen LogP contribution < -0.4 is 5.73 Å². The standard InChI is InChI=1S/C10H19NS/c11-6-3-10(9-1-2-9)4-7-12-8-5-10/h9H,1-8,11H2. The highest BCUT2D eigenvalue weighted by Crippen LogP contribution is 2.54. The molecule has 2 fully saturated rings. The predicted octanol–water partition coefficient (Wildman–Crippen LogP) is 2.26. The Morgan fingerprint density at radius 1 is 1.25 bits per heavy atom. The summed E-state index contributed by atoms with van der Waals surface area (Å²) in [4.78, 5) is 0. The second-order valence-corrected chi connectivity index (χ2v) is 5.51. The average Bonchev–Trinajstić information content (AvgIpc) is 2.89. The van der Waals surface area contributed by atoms with Crippen LogP contribution in [0, 0.1) is 11.3 Å². The van der Waals surface area contributed by atoms with Crippen molar-refractivity contribution in [3.63, 3.8) is 0 Å². The van der Waals surface area contributed by atoms with Crippen molar-refractivity contribution < 1.29 is 0 Å². The first-order chi connectivity index (χ1) is 5.87. The normalized spacial score (nSPS) is 28.8. The number of nitrogens with two attached hydrogens (primary N) is 1. The van der Waals surface area contributed by atoms with Crippen LogP contribution in [0.1, 0.15) is 32.1 Å². The van der Waals surface area contributed by atoms with Crippen molar-refractivity contribution in [3.8, 4) is 0 Å². The van der Waals surface area contributed by atoms with Gasteiger partial charge in [-0.3, -0.25) is 0 Å². The number of hydrogen-bond donors (Lipinski definition) is 1. The Hall–Kier alpha value is 0.310. The first-order valence-corrected chi connectivity index (χ1v) is 6.31. The van der Waals surface area contributed by atoms with E-state index in [1.54, 1.807) is 0 Å². The van der Waals surface area contributed by atoms with Crippen molar-refractivity contribution in [2.75, 3.05) is 18.1 Å². The molecule has 0 bridgehead atoms. The fourth-order valence-corrected chi connectivity index (χ4v) is 3.93. The largest absolute Gasteiger partial charge is 0.330 e. The lowest BCUT2D eigenvalue weighted by atomic mass is 9.74. The molecule has 0 unspecified atom stereocenters. The zero-order valence-corrected chi connectivity index (χ0v) is 8.54. The van der Waals surface area contributed by atoms with E-state index < -0.39 is 0 Å². The lowest BCUT2D eigenvalue weighted by molar-refractivity contribution is 0.200. The molecule has 1 heterocycles. The van der Waals surface area contributed by atoms with Gasteiger partial charge < -0.3 is 5.73 Å². The van der Waals surface area contributed by atoms with Crippen LogP contribution in [0.15, 0.2) is 0 Å². The van der Waals surface area contributed by atoms with Crippen LogP contribution in [-0.4, -0.2) is 18.1 Å². The zero-order chi connectivity index (χ0) is 8.44.